The van der Waals surface area contributed by atoms with E-state index in [0.717, 1.165) is 25.3 Å². The molecule has 0 spiro atoms. The van der Waals surface area contributed by atoms with Crippen molar-refractivity contribution in [1.82, 2.24) is 5.32 Å². The Morgan fingerprint density at radius 1 is 1.28 bits per heavy atom. The minimum Gasteiger partial charge on any atom is -0.507 e. The van der Waals surface area contributed by atoms with Crippen LogP contribution in [0.15, 0.2) is 12.1 Å². The van der Waals surface area contributed by atoms with Crippen LogP contribution >= 0.6 is 0 Å². The van der Waals surface area contributed by atoms with Crippen LogP contribution in [0.5, 0.6) is 17.2 Å². The highest BCUT2D eigenvalue weighted by atomic mass is 16.7. The second kappa shape index (κ2) is 4.33. The molecule has 0 atom stereocenters. The van der Waals surface area contributed by atoms with Crippen LogP contribution in [0.25, 0.3) is 0 Å². The number of hydrogen-bond donors (Lipinski definition) is 2. The van der Waals surface area contributed by atoms with Gasteiger partial charge in [-0.2, -0.15) is 0 Å². The molecular formula is C13H17NO4. The van der Waals surface area contributed by atoms with Gasteiger partial charge in [-0.1, -0.05) is 6.92 Å². The van der Waals surface area contributed by atoms with Crippen molar-refractivity contribution in [1.29, 1.82) is 0 Å². The van der Waals surface area contributed by atoms with Crippen molar-refractivity contribution in [3.63, 3.8) is 0 Å². The third-order valence-electron chi connectivity index (χ3n) is 3.34. The molecule has 1 aromatic rings. The average molecular weight is 251 g/mol. The molecular weight excluding hydrogens is 234 g/mol. The zero-order valence-electron chi connectivity index (χ0n) is 10.4. The van der Waals surface area contributed by atoms with Crippen molar-refractivity contribution in [2.24, 2.45) is 5.41 Å². The van der Waals surface area contributed by atoms with E-state index in [1.807, 2.05) is 6.07 Å². The Bertz CT molecular complexity index is 457. The van der Waals surface area contributed by atoms with Crippen LogP contribution in [0, 0.1) is 5.41 Å². The van der Waals surface area contributed by atoms with Crippen LogP contribution in [-0.2, 0) is 11.3 Å². The topological polar surface area (TPSA) is 60.0 Å². The summed E-state index contributed by atoms with van der Waals surface area (Å²) < 4.78 is 15.7. The normalized spacial score (nSPS) is 19.6. The van der Waals surface area contributed by atoms with Crippen LogP contribution in [0.4, 0.5) is 0 Å². The lowest BCUT2D eigenvalue weighted by molar-refractivity contribution is -0.0991. The number of ether oxygens (including phenoxy) is 3. The number of phenolic OH excluding ortho intramolecular Hbond substituents is 1. The maximum atomic E-state index is 9.88. The van der Waals surface area contributed by atoms with Gasteiger partial charge in [0.05, 0.1) is 13.2 Å². The van der Waals surface area contributed by atoms with Crippen molar-refractivity contribution >= 4 is 0 Å². The molecule has 0 saturated carbocycles. The molecule has 98 valence electrons. The van der Waals surface area contributed by atoms with Crippen LogP contribution in [0.2, 0.25) is 0 Å². The standard InChI is InChI=1S/C13H17NO4/c1-13(6-16-7-13)5-14-4-9-2-11-12(3-10(9)15)18-8-17-11/h2-3,14-15H,4-8H2,1H3. The Morgan fingerprint density at radius 3 is 2.67 bits per heavy atom. The van der Waals surface area contributed by atoms with Crippen molar-refractivity contribution in [3.05, 3.63) is 17.7 Å². The van der Waals surface area contributed by atoms with E-state index in [9.17, 15) is 5.11 Å². The number of hydrogen-bond acceptors (Lipinski definition) is 5. The SMILES string of the molecule is CC1(CNCc2cc3c(cc2O)OCO3)COC1. The largest absolute Gasteiger partial charge is 0.507 e. The molecule has 2 heterocycles. The average Bonchev–Trinajstić information content (AvgIpc) is 2.74. The van der Waals surface area contributed by atoms with Crippen LogP contribution in [0.3, 0.4) is 0 Å². The van der Waals surface area contributed by atoms with Gasteiger partial charge in [0.15, 0.2) is 11.5 Å². The fourth-order valence-corrected chi connectivity index (χ4v) is 2.17. The molecule has 2 aliphatic heterocycles. The zero-order chi connectivity index (χ0) is 12.6. The van der Waals surface area contributed by atoms with E-state index in [0.29, 0.717) is 18.0 Å². The van der Waals surface area contributed by atoms with Crippen LogP contribution in [-0.4, -0.2) is 31.7 Å². The molecule has 1 fully saturated rings. The van der Waals surface area contributed by atoms with Gasteiger partial charge in [-0.25, -0.2) is 0 Å². The summed E-state index contributed by atoms with van der Waals surface area (Å²) in [5, 5.41) is 13.2. The number of phenols is 1. The Labute approximate surface area is 106 Å². The lowest BCUT2D eigenvalue weighted by atomic mass is 9.89. The van der Waals surface area contributed by atoms with Crippen molar-refractivity contribution in [2.45, 2.75) is 13.5 Å². The molecule has 1 aromatic carbocycles. The van der Waals surface area contributed by atoms with E-state index in [1.54, 1.807) is 6.07 Å². The Hall–Kier alpha value is -1.46. The molecule has 0 unspecified atom stereocenters. The third kappa shape index (κ3) is 2.11. The lowest BCUT2D eigenvalue weighted by Gasteiger charge is -2.38. The zero-order valence-corrected chi connectivity index (χ0v) is 10.4. The molecule has 5 heteroatoms. The minimum absolute atomic E-state index is 0.223. The number of fused-ring (bicyclic) bond motifs is 1. The van der Waals surface area contributed by atoms with E-state index in [4.69, 9.17) is 14.2 Å². The van der Waals surface area contributed by atoms with Gasteiger partial charge in [0, 0.05) is 30.1 Å². The van der Waals surface area contributed by atoms with Crippen molar-refractivity contribution < 1.29 is 19.3 Å². The van der Waals surface area contributed by atoms with Gasteiger partial charge in [0.2, 0.25) is 6.79 Å². The van der Waals surface area contributed by atoms with E-state index in [-0.39, 0.29) is 18.0 Å². The molecule has 5 nitrogen and oxygen atoms in total. The van der Waals surface area contributed by atoms with Gasteiger partial charge in [0.1, 0.15) is 5.75 Å². The number of benzene rings is 1. The van der Waals surface area contributed by atoms with Crippen molar-refractivity contribution in [3.8, 4) is 17.2 Å². The summed E-state index contributed by atoms with van der Waals surface area (Å²) in [5.74, 6) is 1.54. The first-order chi connectivity index (χ1) is 8.66. The van der Waals surface area contributed by atoms with E-state index in [1.165, 1.54) is 0 Å². The smallest absolute Gasteiger partial charge is 0.231 e. The molecule has 1 saturated heterocycles. The first-order valence-electron chi connectivity index (χ1n) is 6.06. The second-order valence-corrected chi connectivity index (χ2v) is 5.24. The Morgan fingerprint density at radius 2 is 2.00 bits per heavy atom. The predicted octanol–water partition coefficient (Wildman–Crippen LogP) is 1.25. The molecule has 18 heavy (non-hydrogen) atoms. The first kappa shape index (κ1) is 11.6. The van der Waals surface area contributed by atoms with Gasteiger partial charge >= 0.3 is 0 Å². The molecule has 0 bridgehead atoms. The number of rotatable bonds is 4. The third-order valence-corrected chi connectivity index (χ3v) is 3.34. The van der Waals surface area contributed by atoms with Crippen LogP contribution < -0.4 is 14.8 Å². The van der Waals surface area contributed by atoms with Crippen LogP contribution in [0.1, 0.15) is 12.5 Å². The Balaban J connectivity index is 1.62. The molecule has 3 rings (SSSR count). The fourth-order valence-electron chi connectivity index (χ4n) is 2.17. The summed E-state index contributed by atoms with van der Waals surface area (Å²) in [6.45, 7) is 5.49. The molecule has 2 aliphatic rings. The molecule has 0 aliphatic carbocycles. The maximum absolute atomic E-state index is 9.88. The lowest BCUT2D eigenvalue weighted by Crippen LogP contribution is -2.47. The molecule has 2 N–H and O–H groups in total. The summed E-state index contributed by atoms with van der Waals surface area (Å²) in [7, 11) is 0. The highest BCUT2D eigenvalue weighted by molar-refractivity contribution is 5.51. The molecule has 0 amide bonds. The summed E-state index contributed by atoms with van der Waals surface area (Å²) in [6.07, 6.45) is 0. The number of aromatic hydroxyl groups is 1. The van der Waals surface area contributed by atoms with Gasteiger partial charge in [-0.3, -0.25) is 0 Å². The van der Waals surface area contributed by atoms with E-state index >= 15 is 0 Å². The number of nitrogens with one attached hydrogen (secondary N) is 1. The summed E-state index contributed by atoms with van der Waals surface area (Å²) in [4.78, 5) is 0. The quantitative estimate of drug-likeness (QED) is 0.843. The fraction of sp³-hybridized carbons (Fsp3) is 0.538. The monoisotopic (exact) mass is 251 g/mol. The van der Waals surface area contributed by atoms with Gasteiger partial charge in [-0.05, 0) is 6.07 Å². The predicted molar refractivity (Wildman–Crippen MR) is 64.9 cm³/mol. The second-order valence-electron chi connectivity index (χ2n) is 5.24. The summed E-state index contributed by atoms with van der Waals surface area (Å²) in [5.41, 5.74) is 1.05. The summed E-state index contributed by atoms with van der Waals surface area (Å²) >= 11 is 0. The van der Waals surface area contributed by atoms with E-state index < -0.39 is 0 Å². The summed E-state index contributed by atoms with van der Waals surface area (Å²) in [6, 6.07) is 3.43. The minimum atomic E-state index is 0.223. The van der Waals surface area contributed by atoms with E-state index in [2.05, 4.69) is 12.2 Å². The van der Waals surface area contributed by atoms with Gasteiger partial charge < -0.3 is 24.6 Å². The molecule has 0 aromatic heterocycles. The highest BCUT2D eigenvalue weighted by Crippen LogP contribution is 2.37. The van der Waals surface area contributed by atoms with Gasteiger partial charge in [0.25, 0.3) is 0 Å². The first-order valence-corrected chi connectivity index (χ1v) is 6.06. The van der Waals surface area contributed by atoms with Gasteiger partial charge in [-0.15, -0.1) is 0 Å². The molecule has 0 radical (unpaired) electrons. The highest BCUT2D eigenvalue weighted by Gasteiger charge is 2.32. The van der Waals surface area contributed by atoms with Crippen molar-refractivity contribution in [2.75, 3.05) is 26.6 Å². The maximum Gasteiger partial charge on any atom is 0.231 e. The Kier molecular flexibility index (Phi) is 2.80.